The number of benzene rings is 2. The van der Waals surface area contributed by atoms with Crippen LogP contribution >= 0.6 is 11.3 Å². The van der Waals surface area contributed by atoms with Gasteiger partial charge in [0.25, 0.3) is 5.78 Å². The average molecular weight is 575 g/mol. The number of aliphatic hydroxyl groups excluding tert-OH is 1. The first-order valence-corrected chi connectivity index (χ1v) is 14.1. The van der Waals surface area contributed by atoms with Gasteiger partial charge < -0.3 is 19.3 Å². The van der Waals surface area contributed by atoms with Gasteiger partial charge in [-0.15, -0.1) is 0 Å². The SMILES string of the molecule is C=CCOC(=O)c1sc(N2C(=O)C(=O)C(=C(O)c3ccc4c(c3)CC(C)O4)C2c2cccc(OCCC)c2)nc1C. The van der Waals surface area contributed by atoms with Crippen LogP contribution in [0.5, 0.6) is 11.5 Å². The van der Waals surface area contributed by atoms with Crippen LogP contribution in [0.2, 0.25) is 0 Å². The summed E-state index contributed by atoms with van der Waals surface area (Å²) in [6, 6.07) is 11.2. The Kier molecular flexibility index (Phi) is 7.94. The van der Waals surface area contributed by atoms with Gasteiger partial charge in [0.2, 0.25) is 0 Å². The number of esters is 1. The first kappa shape index (κ1) is 28.1. The van der Waals surface area contributed by atoms with E-state index in [9.17, 15) is 19.5 Å². The highest BCUT2D eigenvalue weighted by molar-refractivity contribution is 7.17. The Morgan fingerprint density at radius 1 is 1.27 bits per heavy atom. The van der Waals surface area contributed by atoms with Crippen molar-refractivity contribution < 1.29 is 33.7 Å². The molecule has 2 aliphatic rings. The van der Waals surface area contributed by atoms with Crippen LogP contribution in [-0.2, 0) is 20.7 Å². The third kappa shape index (κ3) is 5.35. The van der Waals surface area contributed by atoms with Crippen molar-refractivity contribution >= 4 is 39.9 Å². The maximum Gasteiger partial charge on any atom is 0.350 e. The minimum Gasteiger partial charge on any atom is -0.507 e. The minimum absolute atomic E-state index is 0.000606. The first-order chi connectivity index (χ1) is 19.7. The number of aryl methyl sites for hydroxylation is 1. The van der Waals surface area contributed by atoms with Gasteiger partial charge >= 0.3 is 11.9 Å². The molecule has 1 N–H and O–H groups in total. The highest BCUT2D eigenvalue weighted by Crippen LogP contribution is 2.45. The number of carbonyl (C=O) groups excluding carboxylic acids is 3. The molecule has 2 unspecified atom stereocenters. The van der Waals surface area contributed by atoms with Crippen molar-refractivity contribution in [3.8, 4) is 11.5 Å². The number of ether oxygens (including phenoxy) is 3. The van der Waals surface area contributed by atoms with E-state index >= 15 is 0 Å². The standard InChI is InChI=1S/C31H30N2O7S/c1-5-12-38-22-9-7-8-19(16-22)25-24(26(34)20-10-11-23-21(15-20)14-17(3)40-23)27(35)29(36)33(25)31-32-18(4)28(41-31)30(37)39-13-6-2/h6-11,15-17,25,34H,2,5,12-14H2,1,3-4H3. The summed E-state index contributed by atoms with van der Waals surface area (Å²) < 4.78 is 16.8. The molecule has 2 atom stereocenters. The number of anilines is 1. The van der Waals surface area contributed by atoms with Gasteiger partial charge in [-0.1, -0.05) is 43.0 Å². The summed E-state index contributed by atoms with van der Waals surface area (Å²) in [5, 5.41) is 11.7. The number of hydrogen-bond acceptors (Lipinski definition) is 9. The predicted octanol–water partition coefficient (Wildman–Crippen LogP) is 5.53. The molecule has 0 aliphatic carbocycles. The number of Topliss-reactive ketones (excluding diaryl/α,β-unsaturated/α-hetero) is 1. The smallest absolute Gasteiger partial charge is 0.350 e. The zero-order valence-electron chi connectivity index (χ0n) is 23.0. The van der Waals surface area contributed by atoms with Gasteiger partial charge in [-0.25, -0.2) is 9.78 Å². The number of ketones is 1. The molecule has 41 heavy (non-hydrogen) atoms. The van der Waals surface area contributed by atoms with Crippen molar-refractivity contribution in [3.63, 3.8) is 0 Å². The highest BCUT2D eigenvalue weighted by Gasteiger charge is 2.48. The maximum absolute atomic E-state index is 13.6. The van der Waals surface area contributed by atoms with E-state index in [1.165, 1.54) is 11.0 Å². The molecule has 1 aromatic heterocycles. The van der Waals surface area contributed by atoms with Gasteiger partial charge in [0.15, 0.2) is 5.13 Å². The molecule has 1 amide bonds. The summed E-state index contributed by atoms with van der Waals surface area (Å²) in [5.74, 6) is -1.36. The van der Waals surface area contributed by atoms with E-state index in [1.54, 1.807) is 49.4 Å². The molecule has 1 saturated heterocycles. The molecule has 3 heterocycles. The van der Waals surface area contributed by atoms with Gasteiger partial charge in [-0.05, 0) is 61.7 Å². The van der Waals surface area contributed by atoms with Crippen LogP contribution < -0.4 is 14.4 Å². The number of rotatable bonds is 9. The Hall–Kier alpha value is -4.44. The monoisotopic (exact) mass is 574 g/mol. The molecule has 2 aromatic carbocycles. The summed E-state index contributed by atoms with van der Waals surface area (Å²) in [4.78, 5) is 45.7. The molecule has 1 fully saturated rings. The summed E-state index contributed by atoms with van der Waals surface area (Å²) >= 11 is 0.945. The summed E-state index contributed by atoms with van der Waals surface area (Å²) in [6.07, 6.45) is 2.91. The molecule has 212 valence electrons. The molecule has 0 saturated carbocycles. The van der Waals surface area contributed by atoms with Gasteiger partial charge in [0.1, 0.15) is 34.8 Å². The number of fused-ring (bicyclic) bond motifs is 1. The van der Waals surface area contributed by atoms with Crippen molar-refractivity contribution in [2.24, 2.45) is 0 Å². The van der Waals surface area contributed by atoms with E-state index in [-0.39, 0.29) is 34.1 Å². The van der Waals surface area contributed by atoms with Crippen LogP contribution in [0.4, 0.5) is 5.13 Å². The topological polar surface area (TPSA) is 115 Å². The summed E-state index contributed by atoms with van der Waals surface area (Å²) in [7, 11) is 0. The van der Waals surface area contributed by atoms with Crippen molar-refractivity contribution in [2.45, 2.75) is 45.8 Å². The van der Waals surface area contributed by atoms with Crippen LogP contribution in [0.15, 0.2) is 60.7 Å². The summed E-state index contributed by atoms with van der Waals surface area (Å²) in [5.41, 5.74) is 2.11. The van der Waals surface area contributed by atoms with E-state index in [0.717, 1.165) is 29.1 Å². The fourth-order valence-corrected chi connectivity index (χ4v) is 5.93. The number of amides is 1. The van der Waals surface area contributed by atoms with Crippen molar-refractivity contribution in [1.82, 2.24) is 4.98 Å². The molecule has 9 nitrogen and oxygen atoms in total. The van der Waals surface area contributed by atoms with E-state index < -0.39 is 23.7 Å². The number of hydrogen-bond donors (Lipinski definition) is 1. The van der Waals surface area contributed by atoms with Crippen LogP contribution in [-0.4, -0.2) is 47.1 Å². The van der Waals surface area contributed by atoms with Gasteiger partial charge in [-0.3, -0.25) is 14.5 Å². The van der Waals surface area contributed by atoms with Gasteiger partial charge in [0.05, 0.1) is 23.9 Å². The quantitative estimate of drug-likeness (QED) is 0.117. The number of nitrogens with zero attached hydrogens (tertiary/aromatic N) is 2. The molecule has 2 aliphatic heterocycles. The molecule has 0 bridgehead atoms. The van der Waals surface area contributed by atoms with E-state index in [1.807, 2.05) is 13.8 Å². The lowest BCUT2D eigenvalue weighted by molar-refractivity contribution is -0.132. The fourth-order valence-electron chi connectivity index (χ4n) is 4.94. The first-order valence-electron chi connectivity index (χ1n) is 13.3. The molecule has 3 aromatic rings. The van der Waals surface area contributed by atoms with Crippen molar-refractivity contribution in [2.75, 3.05) is 18.1 Å². The number of thiazole rings is 1. The van der Waals surface area contributed by atoms with Crippen molar-refractivity contribution in [1.29, 1.82) is 0 Å². The van der Waals surface area contributed by atoms with Crippen LogP contribution in [0.3, 0.4) is 0 Å². The molecule has 0 radical (unpaired) electrons. The fraction of sp³-hybridized carbons (Fsp3) is 0.290. The third-order valence-corrected chi connectivity index (χ3v) is 7.91. The zero-order chi connectivity index (χ0) is 29.3. The Labute approximate surface area is 241 Å². The van der Waals surface area contributed by atoms with Crippen molar-refractivity contribution in [3.05, 3.63) is 88.0 Å². The predicted molar refractivity (Wildman–Crippen MR) is 155 cm³/mol. The number of aliphatic hydroxyl groups is 1. The second-order valence-corrected chi connectivity index (χ2v) is 10.8. The van der Waals surface area contributed by atoms with Crippen LogP contribution in [0, 0.1) is 6.92 Å². The lowest BCUT2D eigenvalue weighted by atomic mass is 9.94. The maximum atomic E-state index is 13.6. The third-order valence-electron chi connectivity index (χ3n) is 6.77. The Bertz CT molecular complexity index is 1570. The largest absolute Gasteiger partial charge is 0.507 e. The number of carbonyl (C=O) groups is 3. The number of aromatic nitrogens is 1. The molecule has 10 heteroatoms. The average Bonchev–Trinajstić information content (AvgIpc) is 3.61. The van der Waals surface area contributed by atoms with Crippen LogP contribution in [0.25, 0.3) is 5.76 Å². The molecule has 5 rings (SSSR count). The lowest BCUT2D eigenvalue weighted by Crippen LogP contribution is -2.29. The summed E-state index contributed by atoms with van der Waals surface area (Å²) in [6.45, 7) is 9.63. The van der Waals surface area contributed by atoms with Gasteiger partial charge in [0, 0.05) is 12.0 Å². The second-order valence-electron chi connectivity index (χ2n) is 9.84. The lowest BCUT2D eigenvalue weighted by Gasteiger charge is -2.23. The molecule has 0 spiro atoms. The Morgan fingerprint density at radius 3 is 2.83 bits per heavy atom. The van der Waals surface area contributed by atoms with E-state index in [0.29, 0.717) is 35.6 Å². The molecular formula is C31H30N2O7S. The second kappa shape index (κ2) is 11.6. The highest BCUT2D eigenvalue weighted by atomic mass is 32.1. The normalized spacial score (nSPS) is 19.1. The van der Waals surface area contributed by atoms with Gasteiger partial charge in [-0.2, -0.15) is 0 Å². The zero-order valence-corrected chi connectivity index (χ0v) is 23.8. The Balaban J connectivity index is 1.65. The van der Waals surface area contributed by atoms with E-state index in [2.05, 4.69) is 11.6 Å². The van der Waals surface area contributed by atoms with Crippen LogP contribution in [0.1, 0.15) is 58.4 Å². The molecular weight excluding hydrogens is 544 g/mol. The Morgan fingerprint density at radius 2 is 2.07 bits per heavy atom. The minimum atomic E-state index is -1.02. The van der Waals surface area contributed by atoms with E-state index in [4.69, 9.17) is 14.2 Å².